The van der Waals surface area contributed by atoms with Crippen molar-refractivity contribution in [3.63, 3.8) is 0 Å². The Balaban J connectivity index is 1.32. The summed E-state index contributed by atoms with van der Waals surface area (Å²) in [5, 5.41) is 5.54. The first-order chi connectivity index (χ1) is 17.7. The lowest BCUT2D eigenvalue weighted by molar-refractivity contribution is -0.137. The predicted octanol–water partition coefficient (Wildman–Crippen LogP) is 6.70. The second-order valence-electron chi connectivity index (χ2n) is 9.15. The number of nitrogens with two attached hydrogens (primary N) is 1. The Kier molecular flexibility index (Phi) is 8.01. The zero-order chi connectivity index (χ0) is 26.4. The van der Waals surface area contributed by atoms with E-state index in [2.05, 4.69) is 10.6 Å². The van der Waals surface area contributed by atoms with Crippen LogP contribution in [-0.4, -0.2) is 12.0 Å². The van der Waals surface area contributed by atoms with Crippen LogP contribution in [0.1, 0.15) is 58.8 Å². The molecule has 1 fully saturated rings. The number of carbonyl (C=O) groups excluding carboxylic acids is 2. The summed E-state index contributed by atoms with van der Waals surface area (Å²) in [5.41, 5.74) is 7.78. The summed E-state index contributed by atoms with van der Waals surface area (Å²) in [7, 11) is 0. The Morgan fingerprint density at radius 1 is 0.973 bits per heavy atom. The van der Waals surface area contributed by atoms with Gasteiger partial charge in [0, 0.05) is 5.56 Å². The lowest BCUT2D eigenvalue weighted by Gasteiger charge is -2.20. The monoisotopic (exact) mass is 511 g/mol. The summed E-state index contributed by atoms with van der Waals surface area (Å²) < 4.78 is 44.1. The van der Waals surface area contributed by atoms with Crippen molar-refractivity contribution in [3.8, 4) is 0 Å². The number of ether oxygens (including phenoxy) is 1. The Morgan fingerprint density at radius 2 is 1.65 bits per heavy atom. The smallest absolute Gasteiger partial charge is 0.416 e. The van der Waals surface area contributed by atoms with Gasteiger partial charge >= 0.3 is 12.3 Å². The number of nitrogen functional groups attached to an aromatic ring is 1. The van der Waals surface area contributed by atoms with E-state index >= 15 is 0 Å². The van der Waals surface area contributed by atoms with Crippen molar-refractivity contribution >= 4 is 23.4 Å². The van der Waals surface area contributed by atoms with Gasteiger partial charge in [-0.3, -0.25) is 4.79 Å². The molecule has 0 saturated heterocycles. The standard InChI is InChI=1S/C28H28F3N3O3/c29-28(30,31)22-14-12-20(13-15-22)24(16-9-18-5-6-18)34-27(36)37-17-19-7-10-21(11-8-19)26(35)33-25-4-2-1-3-23(25)32/h1-4,7-8,10-15,18,24H,5-6,9,16-17,32H2,(H,33,35)(H,34,36)/t24-/m0/s1. The molecule has 0 heterocycles. The highest BCUT2D eigenvalue weighted by Gasteiger charge is 2.30. The quantitative estimate of drug-likeness (QED) is 0.279. The summed E-state index contributed by atoms with van der Waals surface area (Å²) in [4.78, 5) is 25.0. The summed E-state index contributed by atoms with van der Waals surface area (Å²) in [5.74, 6) is 0.280. The molecule has 194 valence electrons. The van der Waals surface area contributed by atoms with Crippen LogP contribution < -0.4 is 16.4 Å². The summed E-state index contributed by atoms with van der Waals surface area (Å²) in [6.45, 7) is -0.0261. The average molecular weight is 512 g/mol. The lowest BCUT2D eigenvalue weighted by Crippen LogP contribution is -2.29. The van der Waals surface area contributed by atoms with Crippen LogP contribution >= 0.6 is 0 Å². The molecule has 3 aromatic carbocycles. The zero-order valence-corrected chi connectivity index (χ0v) is 20.1. The highest BCUT2D eigenvalue weighted by atomic mass is 19.4. The maximum atomic E-state index is 12.9. The minimum atomic E-state index is -4.42. The van der Waals surface area contributed by atoms with E-state index in [1.165, 1.54) is 12.1 Å². The summed E-state index contributed by atoms with van der Waals surface area (Å²) in [6, 6.07) is 17.9. The summed E-state index contributed by atoms with van der Waals surface area (Å²) in [6.07, 6.45) is -1.32. The van der Waals surface area contributed by atoms with Gasteiger partial charge in [-0.15, -0.1) is 0 Å². The van der Waals surface area contributed by atoms with E-state index in [1.54, 1.807) is 48.5 Å². The van der Waals surface area contributed by atoms with E-state index in [9.17, 15) is 22.8 Å². The van der Waals surface area contributed by atoms with Gasteiger partial charge in [-0.05, 0) is 66.3 Å². The van der Waals surface area contributed by atoms with Crippen molar-refractivity contribution < 1.29 is 27.5 Å². The van der Waals surface area contributed by atoms with Crippen molar-refractivity contribution in [2.45, 2.75) is 44.5 Å². The second-order valence-corrected chi connectivity index (χ2v) is 9.15. The maximum absolute atomic E-state index is 12.9. The highest BCUT2D eigenvalue weighted by Crippen LogP contribution is 2.36. The Hall–Kier alpha value is -4.01. The lowest BCUT2D eigenvalue weighted by atomic mass is 9.99. The molecule has 4 N–H and O–H groups in total. The normalized spacial score (nSPS) is 14.0. The molecule has 2 amide bonds. The van der Waals surface area contributed by atoms with Crippen LogP contribution in [0.25, 0.3) is 0 Å². The third-order valence-corrected chi connectivity index (χ3v) is 6.29. The fourth-order valence-electron chi connectivity index (χ4n) is 3.93. The molecule has 0 bridgehead atoms. The number of benzene rings is 3. The second kappa shape index (κ2) is 11.4. The number of anilines is 2. The van der Waals surface area contributed by atoms with Gasteiger partial charge in [0.2, 0.25) is 0 Å². The number of halogens is 3. The zero-order valence-electron chi connectivity index (χ0n) is 20.1. The minimum Gasteiger partial charge on any atom is -0.445 e. The summed E-state index contributed by atoms with van der Waals surface area (Å²) >= 11 is 0. The largest absolute Gasteiger partial charge is 0.445 e. The van der Waals surface area contributed by atoms with Crippen molar-refractivity contribution in [1.82, 2.24) is 5.32 Å². The molecular formula is C28H28F3N3O3. The van der Waals surface area contributed by atoms with Crippen LogP contribution in [0.2, 0.25) is 0 Å². The SMILES string of the molecule is Nc1ccccc1NC(=O)c1ccc(COC(=O)N[C@@H](CCC2CC2)c2ccc(C(F)(F)F)cc2)cc1. The molecular weight excluding hydrogens is 483 g/mol. The average Bonchev–Trinajstić information content (AvgIpc) is 3.71. The van der Waals surface area contributed by atoms with E-state index in [0.29, 0.717) is 40.4 Å². The Labute approximate surface area is 213 Å². The molecule has 0 aromatic heterocycles. The first-order valence-corrected chi connectivity index (χ1v) is 12.0. The van der Waals surface area contributed by atoms with Crippen molar-refractivity contribution in [3.05, 3.63) is 95.1 Å². The van der Waals surface area contributed by atoms with Crippen LogP contribution in [0.4, 0.5) is 29.3 Å². The molecule has 0 radical (unpaired) electrons. The number of alkyl halides is 3. The number of carbonyl (C=O) groups is 2. The number of alkyl carbamates (subject to hydrolysis) is 1. The van der Waals surface area contributed by atoms with E-state index in [1.807, 2.05) is 0 Å². The Morgan fingerprint density at radius 3 is 2.27 bits per heavy atom. The van der Waals surface area contributed by atoms with Gasteiger partial charge in [-0.1, -0.05) is 49.2 Å². The van der Waals surface area contributed by atoms with Crippen LogP contribution in [0, 0.1) is 5.92 Å². The molecule has 1 saturated carbocycles. The van der Waals surface area contributed by atoms with Crippen molar-refractivity contribution in [2.24, 2.45) is 5.92 Å². The van der Waals surface area contributed by atoms with E-state index in [0.717, 1.165) is 31.4 Å². The highest BCUT2D eigenvalue weighted by molar-refractivity contribution is 6.05. The van der Waals surface area contributed by atoms with E-state index in [-0.39, 0.29) is 12.5 Å². The molecule has 4 rings (SSSR count). The van der Waals surface area contributed by atoms with Crippen molar-refractivity contribution in [1.29, 1.82) is 0 Å². The molecule has 9 heteroatoms. The van der Waals surface area contributed by atoms with Crippen LogP contribution in [-0.2, 0) is 17.5 Å². The molecule has 0 aliphatic heterocycles. The fourth-order valence-corrected chi connectivity index (χ4v) is 3.93. The number of hydrogen-bond donors (Lipinski definition) is 3. The van der Waals surface area contributed by atoms with E-state index in [4.69, 9.17) is 10.5 Å². The van der Waals surface area contributed by atoms with Gasteiger partial charge in [-0.25, -0.2) is 4.79 Å². The molecule has 0 unspecified atom stereocenters. The third kappa shape index (κ3) is 7.49. The minimum absolute atomic E-state index is 0.0261. The van der Waals surface area contributed by atoms with Crippen molar-refractivity contribution in [2.75, 3.05) is 11.1 Å². The number of rotatable bonds is 9. The van der Waals surface area contributed by atoms with Gasteiger partial charge in [0.25, 0.3) is 5.91 Å². The fraction of sp³-hybridized carbons (Fsp3) is 0.286. The first kappa shape index (κ1) is 26.1. The van der Waals surface area contributed by atoms with Crippen LogP contribution in [0.15, 0.2) is 72.8 Å². The van der Waals surface area contributed by atoms with Gasteiger partial charge in [0.05, 0.1) is 23.0 Å². The number of hydrogen-bond acceptors (Lipinski definition) is 4. The maximum Gasteiger partial charge on any atom is 0.416 e. The molecule has 1 aliphatic carbocycles. The molecule has 1 atom stereocenters. The predicted molar refractivity (Wildman–Crippen MR) is 135 cm³/mol. The number of amides is 2. The third-order valence-electron chi connectivity index (χ3n) is 6.29. The molecule has 6 nitrogen and oxygen atoms in total. The number of nitrogens with one attached hydrogen (secondary N) is 2. The number of para-hydroxylation sites is 2. The van der Waals surface area contributed by atoms with Crippen LogP contribution in [0.5, 0.6) is 0 Å². The van der Waals surface area contributed by atoms with Gasteiger partial charge in [0.1, 0.15) is 6.61 Å². The Bertz CT molecular complexity index is 1220. The van der Waals surface area contributed by atoms with Crippen LogP contribution in [0.3, 0.4) is 0 Å². The molecule has 37 heavy (non-hydrogen) atoms. The van der Waals surface area contributed by atoms with Gasteiger partial charge in [-0.2, -0.15) is 13.2 Å². The molecule has 0 spiro atoms. The molecule has 1 aliphatic rings. The van der Waals surface area contributed by atoms with Gasteiger partial charge in [0.15, 0.2) is 0 Å². The topological polar surface area (TPSA) is 93.4 Å². The first-order valence-electron chi connectivity index (χ1n) is 12.0. The van der Waals surface area contributed by atoms with Gasteiger partial charge < -0.3 is 21.1 Å². The molecule has 3 aromatic rings. The van der Waals surface area contributed by atoms with E-state index < -0.39 is 23.9 Å².